The molecule has 158 valence electrons. The van der Waals surface area contributed by atoms with E-state index < -0.39 is 0 Å². The van der Waals surface area contributed by atoms with Gasteiger partial charge in [-0.05, 0) is 86.7 Å². The van der Waals surface area contributed by atoms with Crippen LogP contribution in [0.5, 0.6) is 0 Å². The average molecular weight is 403 g/mol. The number of likely N-dealkylation sites (N-methyl/N-ethyl adjacent to an activating group) is 1. The highest BCUT2D eigenvalue weighted by molar-refractivity contribution is 5.59. The van der Waals surface area contributed by atoms with Crippen molar-refractivity contribution in [3.8, 4) is 0 Å². The quantitative estimate of drug-likeness (QED) is 0.835. The predicted molar refractivity (Wildman–Crippen MR) is 122 cm³/mol. The molecular weight excluding hydrogens is 368 g/mol. The first-order chi connectivity index (χ1) is 14.8. The van der Waals surface area contributed by atoms with Crippen LogP contribution in [0, 0.1) is 5.92 Å². The summed E-state index contributed by atoms with van der Waals surface area (Å²) in [5.41, 5.74) is 7.44. The molecular formula is C26H34N4. The highest BCUT2D eigenvalue weighted by Crippen LogP contribution is 2.42. The van der Waals surface area contributed by atoms with Crippen LogP contribution >= 0.6 is 0 Å². The molecule has 4 nitrogen and oxygen atoms in total. The Morgan fingerprint density at radius 2 is 2.07 bits per heavy atom. The average Bonchev–Trinajstić information content (AvgIpc) is 3.42. The number of fused-ring (bicyclic) bond motifs is 4. The first-order valence-electron chi connectivity index (χ1n) is 12.0. The van der Waals surface area contributed by atoms with Gasteiger partial charge in [0.1, 0.15) is 0 Å². The van der Waals surface area contributed by atoms with Crippen LogP contribution in [0.15, 0.2) is 36.5 Å². The molecule has 2 fully saturated rings. The minimum Gasteiger partial charge on any atom is -0.368 e. The number of anilines is 1. The molecule has 6 rings (SSSR count). The number of rotatable bonds is 4. The van der Waals surface area contributed by atoms with E-state index in [0.717, 1.165) is 31.5 Å². The predicted octanol–water partition coefficient (Wildman–Crippen LogP) is 4.09. The van der Waals surface area contributed by atoms with Gasteiger partial charge in [-0.15, -0.1) is 0 Å². The van der Waals surface area contributed by atoms with Crippen molar-refractivity contribution in [3.63, 3.8) is 0 Å². The zero-order valence-electron chi connectivity index (χ0n) is 18.2. The van der Waals surface area contributed by atoms with Crippen molar-refractivity contribution in [1.82, 2.24) is 15.2 Å². The Hall–Kier alpha value is -1.91. The molecule has 1 aromatic carbocycles. The monoisotopic (exact) mass is 402 g/mol. The Labute approximate surface area is 180 Å². The number of piperidine rings is 1. The maximum absolute atomic E-state index is 4.77. The smallest absolute Gasteiger partial charge is 0.0607 e. The van der Waals surface area contributed by atoms with Gasteiger partial charge >= 0.3 is 0 Å². The molecule has 0 unspecified atom stereocenters. The Morgan fingerprint density at radius 3 is 2.93 bits per heavy atom. The highest BCUT2D eigenvalue weighted by Gasteiger charge is 2.39. The summed E-state index contributed by atoms with van der Waals surface area (Å²) in [7, 11) is 2.30. The summed E-state index contributed by atoms with van der Waals surface area (Å²) in [6.45, 7) is 3.37. The van der Waals surface area contributed by atoms with Gasteiger partial charge in [-0.25, -0.2) is 0 Å². The van der Waals surface area contributed by atoms with Gasteiger partial charge in [0.15, 0.2) is 0 Å². The number of aromatic nitrogens is 1. The lowest BCUT2D eigenvalue weighted by Crippen LogP contribution is -2.45. The van der Waals surface area contributed by atoms with Gasteiger partial charge in [-0.3, -0.25) is 9.88 Å². The van der Waals surface area contributed by atoms with Gasteiger partial charge in [-0.1, -0.05) is 18.2 Å². The molecule has 3 heterocycles. The molecule has 4 atom stereocenters. The van der Waals surface area contributed by atoms with Crippen molar-refractivity contribution in [2.24, 2.45) is 5.92 Å². The molecule has 0 spiro atoms. The Balaban J connectivity index is 1.20. The van der Waals surface area contributed by atoms with E-state index in [1.165, 1.54) is 61.9 Å². The second-order valence-corrected chi connectivity index (χ2v) is 10.1. The molecule has 0 radical (unpaired) electrons. The molecule has 1 saturated carbocycles. The Morgan fingerprint density at radius 1 is 1.13 bits per heavy atom. The molecule has 2 aromatic rings. The van der Waals surface area contributed by atoms with Crippen LogP contribution in [0.2, 0.25) is 0 Å². The summed E-state index contributed by atoms with van der Waals surface area (Å²) < 4.78 is 0. The maximum Gasteiger partial charge on any atom is 0.0607 e. The number of hydrogen-bond donors (Lipinski definition) is 1. The number of aryl methyl sites for hydroxylation is 1. The lowest BCUT2D eigenvalue weighted by Gasteiger charge is -2.38. The van der Waals surface area contributed by atoms with E-state index in [-0.39, 0.29) is 0 Å². The second kappa shape index (κ2) is 7.65. The standard InChI is InChI=1S/C26H34N4/c1-29(25-9-2-5-19-7-4-12-27-26(19)25)17-21-14-23-20(15-28-21)6-3-8-24(23)30-16-18-10-11-22(30)13-18/h3-4,6-8,12,18,21-22,25,28H,2,5,9-11,13-17H2,1H3/t18-,21+,22+,25+/m1/s1. The number of hydrogen-bond acceptors (Lipinski definition) is 4. The van der Waals surface area contributed by atoms with Gasteiger partial charge in [-0.2, -0.15) is 0 Å². The molecule has 2 aliphatic carbocycles. The van der Waals surface area contributed by atoms with Gasteiger partial charge < -0.3 is 10.2 Å². The molecule has 0 amide bonds. The SMILES string of the molecule is CN(C[C@@H]1Cc2c(cccc2N2C[C@@H]3CC[C@H]2C3)CN1)[C@H]1CCCc2cccnc21. The topological polar surface area (TPSA) is 31.4 Å². The van der Waals surface area contributed by atoms with Crippen LogP contribution < -0.4 is 10.2 Å². The first kappa shape index (κ1) is 18.8. The van der Waals surface area contributed by atoms with Gasteiger partial charge in [0, 0.05) is 43.6 Å². The number of nitrogens with one attached hydrogen (secondary N) is 1. The van der Waals surface area contributed by atoms with Crippen molar-refractivity contribution >= 4 is 5.69 Å². The second-order valence-electron chi connectivity index (χ2n) is 10.1. The fourth-order valence-electron chi connectivity index (χ4n) is 6.70. The molecule has 30 heavy (non-hydrogen) atoms. The molecule has 1 N–H and O–H groups in total. The lowest BCUT2D eigenvalue weighted by atomic mass is 9.89. The molecule has 2 aliphatic heterocycles. The summed E-state index contributed by atoms with van der Waals surface area (Å²) in [4.78, 5) is 10.1. The van der Waals surface area contributed by atoms with E-state index in [9.17, 15) is 0 Å². The minimum absolute atomic E-state index is 0.461. The van der Waals surface area contributed by atoms with Crippen molar-refractivity contribution in [2.75, 3.05) is 25.0 Å². The van der Waals surface area contributed by atoms with Crippen LogP contribution in [0.1, 0.15) is 60.5 Å². The van der Waals surface area contributed by atoms with E-state index in [2.05, 4.69) is 52.5 Å². The number of benzene rings is 1. The summed E-state index contributed by atoms with van der Waals surface area (Å²) in [5, 5.41) is 3.84. The van der Waals surface area contributed by atoms with Crippen molar-refractivity contribution in [1.29, 1.82) is 0 Å². The third-order valence-electron chi connectivity index (χ3n) is 8.20. The van der Waals surface area contributed by atoms with E-state index in [1.807, 2.05) is 6.20 Å². The lowest BCUT2D eigenvalue weighted by molar-refractivity contribution is 0.191. The largest absolute Gasteiger partial charge is 0.368 e. The Kier molecular flexibility index (Phi) is 4.80. The van der Waals surface area contributed by atoms with E-state index in [4.69, 9.17) is 4.98 Å². The molecule has 2 bridgehead atoms. The third-order valence-corrected chi connectivity index (χ3v) is 8.20. The maximum atomic E-state index is 4.77. The molecule has 1 saturated heterocycles. The fourth-order valence-corrected chi connectivity index (χ4v) is 6.70. The van der Waals surface area contributed by atoms with E-state index >= 15 is 0 Å². The number of pyridine rings is 1. The van der Waals surface area contributed by atoms with Crippen LogP contribution in [-0.4, -0.2) is 42.1 Å². The van der Waals surface area contributed by atoms with E-state index in [0.29, 0.717) is 12.1 Å². The van der Waals surface area contributed by atoms with Gasteiger partial charge in [0.25, 0.3) is 0 Å². The first-order valence-corrected chi connectivity index (χ1v) is 12.0. The molecule has 4 heteroatoms. The van der Waals surface area contributed by atoms with Crippen molar-refractivity contribution in [3.05, 3.63) is 58.9 Å². The zero-order chi connectivity index (χ0) is 20.1. The molecule has 1 aromatic heterocycles. The van der Waals surface area contributed by atoms with E-state index in [1.54, 1.807) is 11.3 Å². The molecule has 4 aliphatic rings. The van der Waals surface area contributed by atoms with Crippen LogP contribution in [0.25, 0.3) is 0 Å². The van der Waals surface area contributed by atoms with Crippen molar-refractivity contribution < 1.29 is 0 Å². The van der Waals surface area contributed by atoms with Crippen molar-refractivity contribution in [2.45, 2.75) is 69.6 Å². The van der Waals surface area contributed by atoms with Crippen LogP contribution in [0.4, 0.5) is 5.69 Å². The third kappa shape index (κ3) is 3.25. The van der Waals surface area contributed by atoms with Crippen LogP contribution in [0.3, 0.4) is 0 Å². The van der Waals surface area contributed by atoms with Crippen LogP contribution in [-0.2, 0) is 19.4 Å². The summed E-state index contributed by atoms with van der Waals surface area (Å²) >= 11 is 0. The normalized spacial score (nSPS) is 29.9. The minimum atomic E-state index is 0.461. The Bertz CT molecular complexity index is 925. The zero-order valence-corrected chi connectivity index (χ0v) is 18.2. The fraction of sp³-hybridized carbons (Fsp3) is 0.577. The summed E-state index contributed by atoms with van der Waals surface area (Å²) in [6.07, 6.45) is 11.1. The van der Waals surface area contributed by atoms with Gasteiger partial charge in [0.2, 0.25) is 0 Å². The van der Waals surface area contributed by atoms with Gasteiger partial charge in [0.05, 0.1) is 11.7 Å². The highest BCUT2D eigenvalue weighted by atomic mass is 15.2. The summed E-state index contributed by atoms with van der Waals surface area (Å²) in [5.74, 6) is 0.938. The number of nitrogens with zero attached hydrogens (tertiary/aromatic N) is 3. The summed E-state index contributed by atoms with van der Waals surface area (Å²) in [6, 6.07) is 13.1.